The summed E-state index contributed by atoms with van der Waals surface area (Å²) in [4.78, 5) is 28.2. The molecule has 0 aromatic heterocycles. The summed E-state index contributed by atoms with van der Waals surface area (Å²) in [5.41, 5.74) is -0.747. The van der Waals surface area contributed by atoms with E-state index in [1.54, 1.807) is 4.90 Å². The van der Waals surface area contributed by atoms with Gasteiger partial charge in [0.1, 0.15) is 0 Å². The first-order valence-corrected chi connectivity index (χ1v) is 8.29. The van der Waals surface area contributed by atoms with Crippen LogP contribution in [0.1, 0.15) is 58.8 Å². The van der Waals surface area contributed by atoms with Gasteiger partial charge >= 0.3 is 12.0 Å². The molecule has 2 unspecified atom stereocenters. The van der Waals surface area contributed by atoms with Gasteiger partial charge in [0.05, 0.1) is 5.41 Å². The zero-order valence-electron chi connectivity index (χ0n) is 13.3. The monoisotopic (exact) mass is 296 g/mol. The topological polar surface area (TPSA) is 60.9 Å². The molecular weight excluding hydrogens is 268 g/mol. The Labute approximate surface area is 127 Å². The van der Waals surface area contributed by atoms with Crippen LogP contribution in [0.3, 0.4) is 0 Å². The Balaban J connectivity index is 2.09. The molecule has 0 aliphatic carbocycles. The zero-order valence-corrected chi connectivity index (χ0v) is 13.3. The Kier molecular flexibility index (Phi) is 5.12. The van der Waals surface area contributed by atoms with Gasteiger partial charge in [0.25, 0.3) is 0 Å². The smallest absolute Gasteiger partial charge is 0.320 e. The maximum Gasteiger partial charge on any atom is 0.320 e. The van der Waals surface area contributed by atoms with E-state index in [-0.39, 0.29) is 12.1 Å². The van der Waals surface area contributed by atoms with Crippen LogP contribution < -0.4 is 0 Å². The molecule has 2 heterocycles. The van der Waals surface area contributed by atoms with Crippen molar-refractivity contribution in [1.82, 2.24) is 9.80 Å². The molecule has 0 saturated carbocycles. The molecule has 21 heavy (non-hydrogen) atoms. The van der Waals surface area contributed by atoms with Crippen LogP contribution in [0.25, 0.3) is 0 Å². The highest BCUT2D eigenvalue weighted by Gasteiger charge is 2.43. The fourth-order valence-corrected chi connectivity index (χ4v) is 3.65. The predicted molar refractivity (Wildman–Crippen MR) is 81.2 cm³/mol. The summed E-state index contributed by atoms with van der Waals surface area (Å²) in [7, 11) is 0. The number of hydrogen-bond acceptors (Lipinski definition) is 2. The van der Waals surface area contributed by atoms with E-state index in [0.717, 1.165) is 25.8 Å². The van der Waals surface area contributed by atoms with E-state index in [0.29, 0.717) is 25.9 Å². The maximum atomic E-state index is 12.8. The second-order valence-corrected chi connectivity index (χ2v) is 6.64. The predicted octanol–water partition coefficient (Wildman–Crippen LogP) is 2.95. The van der Waals surface area contributed by atoms with E-state index in [9.17, 15) is 14.7 Å². The number of hydrogen-bond donors (Lipinski definition) is 1. The SMILES string of the molecule is CCC1(C(=O)O)CCCN(C(=O)N2CCCCCC2C)C1. The number of carbonyl (C=O) groups is 2. The van der Waals surface area contributed by atoms with Gasteiger partial charge in [-0.15, -0.1) is 0 Å². The normalized spacial score (nSPS) is 30.9. The molecule has 2 atom stereocenters. The lowest BCUT2D eigenvalue weighted by atomic mass is 9.78. The molecule has 0 aromatic carbocycles. The second kappa shape index (κ2) is 6.67. The summed E-state index contributed by atoms with van der Waals surface area (Å²) in [5.74, 6) is -0.758. The van der Waals surface area contributed by atoms with Gasteiger partial charge in [-0.3, -0.25) is 4.79 Å². The van der Waals surface area contributed by atoms with Crippen molar-refractivity contribution < 1.29 is 14.7 Å². The van der Waals surface area contributed by atoms with Gasteiger partial charge < -0.3 is 14.9 Å². The lowest BCUT2D eigenvalue weighted by Crippen LogP contribution is -2.54. The number of likely N-dealkylation sites (tertiary alicyclic amines) is 2. The van der Waals surface area contributed by atoms with Crippen LogP contribution >= 0.6 is 0 Å². The van der Waals surface area contributed by atoms with Crippen molar-refractivity contribution in [2.45, 2.75) is 64.8 Å². The number of piperidine rings is 1. The van der Waals surface area contributed by atoms with Crippen molar-refractivity contribution in [3.05, 3.63) is 0 Å². The molecule has 2 rings (SSSR count). The Morgan fingerprint density at radius 2 is 1.95 bits per heavy atom. The highest BCUT2D eigenvalue weighted by atomic mass is 16.4. The molecule has 2 amide bonds. The number of carboxylic acid groups (broad SMARTS) is 1. The average Bonchev–Trinajstić information content (AvgIpc) is 2.71. The Morgan fingerprint density at radius 1 is 1.19 bits per heavy atom. The zero-order chi connectivity index (χ0) is 15.5. The average molecular weight is 296 g/mol. The molecule has 0 radical (unpaired) electrons. The van der Waals surface area contributed by atoms with E-state index >= 15 is 0 Å². The highest BCUT2D eigenvalue weighted by Crippen LogP contribution is 2.34. The van der Waals surface area contributed by atoms with Crippen LogP contribution in [-0.2, 0) is 4.79 Å². The number of rotatable bonds is 2. The molecular formula is C16H28N2O3. The van der Waals surface area contributed by atoms with Crippen LogP contribution in [0.15, 0.2) is 0 Å². The van der Waals surface area contributed by atoms with Crippen LogP contribution in [-0.4, -0.2) is 52.6 Å². The van der Waals surface area contributed by atoms with Crippen molar-refractivity contribution >= 4 is 12.0 Å². The van der Waals surface area contributed by atoms with E-state index in [2.05, 4.69) is 6.92 Å². The van der Waals surface area contributed by atoms with Crippen molar-refractivity contribution in [2.75, 3.05) is 19.6 Å². The lowest BCUT2D eigenvalue weighted by Gasteiger charge is -2.42. The van der Waals surface area contributed by atoms with Gasteiger partial charge in [-0.1, -0.05) is 19.8 Å². The van der Waals surface area contributed by atoms with E-state index < -0.39 is 11.4 Å². The molecule has 0 bridgehead atoms. The van der Waals surface area contributed by atoms with Gasteiger partial charge in [-0.25, -0.2) is 4.79 Å². The van der Waals surface area contributed by atoms with Gasteiger partial charge in [-0.2, -0.15) is 0 Å². The van der Waals surface area contributed by atoms with Crippen LogP contribution in [0.5, 0.6) is 0 Å². The number of carbonyl (C=O) groups excluding carboxylic acids is 1. The fraction of sp³-hybridized carbons (Fsp3) is 0.875. The summed E-state index contributed by atoms with van der Waals surface area (Å²) in [6.07, 6.45) is 6.52. The number of amides is 2. The summed E-state index contributed by atoms with van der Waals surface area (Å²) >= 11 is 0. The lowest BCUT2D eigenvalue weighted by molar-refractivity contribution is -0.152. The molecule has 2 aliphatic rings. The minimum atomic E-state index is -0.758. The summed E-state index contributed by atoms with van der Waals surface area (Å²) < 4.78 is 0. The Bertz CT molecular complexity index is 399. The van der Waals surface area contributed by atoms with Crippen molar-refractivity contribution in [3.63, 3.8) is 0 Å². The van der Waals surface area contributed by atoms with Gasteiger partial charge in [0, 0.05) is 25.7 Å². The molecule has 0 aromatic rings. The summed E-state index contributed by atoms with van der Waals surface area (Å²) in [5, 5.41) is 9.54. The third-order valence-electron chi connectivity index (χ3n) is 5.28. The number of aliphatic carboxylic acids is 1. The van der Waals surface area contributed by atoms with Gasteiger partial charge in [-0.05, 0) is 39.0 Å². The molecule has 5 nitrogen and oxygen atoms in total. The second-order valence-electron chi connectivity index (χ2n) is 6.64. The molecule has 1 N–H and O–H groups in total. The van der Waals surface area contributed by atoms with Crippen LogP contribution in [0.4, 0.5) is 4.79 Å². The number of nitrogens with zero attached hydrogens (tertiary/aromatic N) is 2. The number of carboxylic acids is 1. The first kappa shape index (κ1) is 16.1. The molecule has 0 spiro atoms. The maximum absolute atomic E-state index is 12.8. The van der Waals surface area contributed by atoms with Crippen LogP contribution in [0, 0.1) is 5.41 Å². The quantitative estimate of drug-likeness (QED) is 0.852. The first-order chi connectivity index (χ1) is 10.00. The Morgan fingerprint density at radius 3 is 2.62 bits per heavy atom. The highest BCUT2D eigenvalue weighted by molar-refractivity contribution is 5.79. The standard InChI is InChI=1S/C16H28N2O3/c1-3-16(14(19)20)9-7-10-17(12-16)15(21)18-11-6-4-5-8-13(18)2/h13H,3-12H2,1-2H3,(H,19,20). The molecule has 5 heteroatoms. The third kappa shape index (κ3) is 3.33. The van der Waals surface area contributed by atoms with Crippen molar-refractivity contribution in [1.29, 1.82) is 0 Å². The third-order valence-corrected chi connectivity index (χ3v) is 5.28. The molecule has 2 aliphatic heterocycles. The number of urea groups is 1. The van der Waals surface area contributed by atoms with Crippen molar-refractivity contribution in [2.24, 2.45) is 5.41 Å². The Hall–Kier alpha value is -1.26. The minimum Gasteiger partial charge on any atom is -0.481 e. The largest absolute Gasteiger partial charge is 0.481 e. The van der Waals surface area contributed by atoms with Crippen molar-refractivity contribution in [3.8, 4) is 0 Å². The minimum absolute atomic E-state index is 0.0446. The van der Waals surface area contributed by atoms with E-state index in [1.165, 1.54) is 12.8 Å². The fourth-order valence-electron chi connectivity index (χ4n) is 3.65. The molecule has 2 fully saturated rings. The summed E-state index contributed by atoms with van der Waals surface area (Å²) in [6, 6.07) is 0.311. The van der Waals surface area contributed by atoms with E-state index in [4.69, 9.17) is 0 Å². The van der Waals surface area contributed by atoms with Gasteiger partial charge in [0.2, 0.25) is 0 Å². The van der Waals surface area contributed by atoms with Gasteiger partial charge in [0.15, 0.2) is 0 Å². The summed E-state index contributed by atoms with van der Waals surface area (Å²) in [6.45, 7) is 5.88. The molecule has 2 saturated heterocycles. The van der Waals surface area contributed by atoms with E-state index in [1.807, 2.05) is 11.8 Å². The molecule has 120 valence electrons. The van der Waals surface area contributed by atoms with Crippen LogP contribution in [0.2, 0.25) is 0 Å². The first-order valence-electron chi connectivity index (χ1n) is 8.29.